The van der Waals surface area contributed by atoms with Crippen LogP contribution in [0.1, 0.15) is 16.8 Å². The average Bonchev–Trinajstić information content (AvgIpc) is 3.00. The monoisotopic (exact) mass is 306 g/mol. The van der Waals surface area contributed by atoms with E-state index in [1.165, 1.54) is 11.1 Å². The van der Waals surface area contributed by atoms with E-state index in [2.05, 4.69) is 26.2 Å². The predicted octanol–water partition coefficient (Wildman–Crippen LogP) is 1.83. The molecule has 0 saturated heterocycles. The zero-order valence-electron chi connectivity index (χ0n) is 13.1. The number of nitrogens with zero attached hydrogens (tertiary/aromatic N) is 6. The van der Waals surface area contributed by atoms with Gasteiger partial charge in [-0.3, -0.25) is 14.6 Å². The van der Waals surface area contributed by atoms with Gasteiger partial charge in [-0.1, -0.05) is 0 Å². The van der Waals surface area contributed by atoms with E-state index >= 15 is 0 Å². The van der Waals surface area contributed by atoms with Gasteiger partial charge in [-0.05, 0) is 12.1 Å². The summed E-state index contributed by atoms with van der Waals surface area (Å²) >= 11 is 0. The molecule has 6 nitrogen and oxygen atoms in total. The number of rotatable bonds is 3. The van der Waals surface area contributed by atoms with Crippen LogP contribution in [0.25, 0.3) is 11.4 Å². The number of aromatic nitrogens is 5. The van der Waals surface area contributed by atoms with Gasteiger partial charge in [-0.15, -0.1) is 0 Å². The Kier molecular flexibility index (Phi) is 3.59. The third-order valence-electron chi connectivity index (χ3n) is 4.10. The molecule has 3 aromatic heterocycles. The second-order valence-electron chi connectivity index (χ2n) is 5.89. The molecule has 0 aliphatic carbocycles. The van der Waals surface area contributed by atoms with Crippen LogP contribution in [-0.4, -0.2) is 36.2 Å². The average molecular weight is 306 g/mol. The van der Waals surface area contributed by atoms with Crippen LogP contribution in [-0.2, 0) is 26.6 Å². The maximum Gasteiger partial charge on any atom is 0.160 e. The molecule has 0 atom stereocenters. The molecular weight excluding hydrogens is 288 g/mol. The third-order valence-corrected chi connectivity index (χ3v) is 4.10. The van der Waals surface area contributed by atoms with Gasteiger partial charge in [0.1, 0.15) is 0 Å². The van der Waals surface area contributed by atoms with Gasteiger partial charge in [0.2, 0.25) is 0 Å². The summed E-state index contributed by atoms with van der Waals surface area (Å²) in [5.41, 5.74) is 4.58. The summed E-state index contributed by atoms with van der Waals surface area (Å²) < 4.78 is 1.84. The van der Waals surface area contributed by atoms with Gasteiger partial charge in [0, 0.05) is 74.6 Å². The van der Waals surface area contributed by atoms with Crippen molar-refractivity contribution in [2.45, 2.75) is 19.5 Å². The summed E-state index contributed by atoms with van der Waals surface area (Å²) in [6.45, 7) is 2.81. The van der Waals surface area contributed by atoms with E-state index in [0.29, 0.717) is 0 Å². The highest BCUT2D eigenvalue weighted by Gasteiger charge is 2.19. The van der Waals surface area contributed by atoms with E-state index in [4.69, 9.17) is 4.98 Å². The Morgan fingerprint density at radius 3 is 2.96 bits per heavy atom. The summed E-state index contributed by atoms with van der Waals surface area (Å²) in [6, 6.07) is 3.90. The Morgan fingerprint density at radius 1 is 1.22 bits per heavy atom. The molecule has 0 saturated carbocycles. The molecule has 116 valence electrons. The highest BCUT2D eigenvalue weighted by Crippen LogP contribution is 2.21. The zero-order chi connectivity index (χ0) is 15.6. The first-order valence-electron chi connectivity index (χ1n) is 7.73. The lowest BCUT2D eigenvalue weighted by Crippen LogP contribution is -2.30. The highest BCUT2D eigenvalue weighted by atomic mass is 15.2. The molecular formula is C17H18N6. The minimum absolute atomic E-state index is 0.762. The van der Waals surface area contributed by atoms with E-state index in [1.54, 1.807) is 12.4 Å². The van der Waals surface area contributed by atoms with Crippen molar-refractivity contribution < 1.29 is 0 Å². The fraction of sp³-hybridized carbons (Fsp3) is 0.294. The summed E-state index contributed by atoms with van der Waals surface area (Å²) in [4.78, 5) is 15.8. The van der Waals surface area contributed by atoms with Gasteiger partial charge in [0.05, 0.1) is 11.9 Å². The molecule has 0 unspecified atom stereocenters. The van der Waals surface area contributed by atoms with Crippen LogP contribution < -0.4 is 0 Å². The quantitative estimate of drug-likeness (QED) is 0.739. The Labute approximate surface area is 134 Å². The van der Waals surface area contributed by atoms with Gasteiger partial charge in [-0.25, -0.2) is 9.97 Å². The molecule has 0 radical (unpaired) electrons. The molecule has 1 aliphatic rings. The second kappa shape index (κ2) is 5.89. The fourth-order valence-corrected chi connectivity index (χ4v) is 2.96. The molecule has 6 heteroatoms. The summed E-state index contributed by atoms with van der Waals surface area (Å²) in [5, 5.41) is 4.23. The summed E-state index contributed by atoms with van der Waals surface area (Å²) in [5.74, 6) is 0.762. The SMILES string of the molecule is Cn1cc(CN2CCc3nc(-c4cccnc4)ncc3C2)cn1. The maximum atomic E-state index is 4.73. The van der Waals surface area contributed by atoms with Crippen molar-refractivity contribution in [2.24, 2.45) is 7.05 Å². The Hall–Kier alpha value is -2.60. The molecule has 0 bridgehead atoms. The Balaban J connectivity index is 1.52. The molecule has 1 aliphatic heterocycles. The topological polar surface area (TPSA) is 59.7 Å². The lowest BCUT2D eigenvalue weighted by molar-refractivity contribution is 0.243. The molecule has 0 spiro atoms. The second-order valence-corrected chi connectivity index (χ2v) is 5.89. The van der Waals surface area contributed by atoms with E-state index < -0.39 is 0 Å². The summed E-state index contributed by atoms with van der Waals surface area (Å²) in [6.07, 6.45) is 10.5. The van der Waals surface area contributed by atoms with Gasteiger partial charge in [-0.2, -0.15) is 5.10 Å². The van der Waals surface area contributed by atoms with Crippen molar-refractivity contribution in [3.05, 3.63) is 59.9 Å². The number of hydrogen-bond acceptors (Lipinski definition) is 5. The smallest absolute Gasteiger partial charge is 0.160 e. The van der Waals surface area contributed by atoms with Crippen molar-refractivity contribution in [2.75, 3.05) is 6.54 Å². The molecule has 23 heavy (non-hydrogen) atoms. The van der Waals surface area contributed by atoms with Gasteiger partial charge in [0.15, 0.2) is 5.82 Å². The van der Waals surface area contributed by atoms with Crippen LogP contribution in [0.15, 0.2) is 43.1 Å². The van der Waals surface area contributed by atoms with E-state index in [-0.39, 0.29) is 0 Å². The van der Waals surface area contributed by atoms with Crippen LogP contribution >= 0.6 is 0 Å². The molecule has 0 aromatic carbocycles. The maximum absolute atomic E-state index is 4.73. The van der Waals surface area contributed by atoms with Crippen molar-refractivity contribution in [3.8, 4) is 11.4 Å². The fourth-order valence-electron chi connectivity index (χ4n) is 2.96. The first kappa shape index (κ1) is 14.0. The number of aryl methyl sites for hydroxylation is 1. The van der Waals surface area contributed by atoms with E-state index in [1.807, 2.05) is 36.3 Å². The first-order chi connectivity index (χ1) is 11.3. The van der Waals surface area contributed by atoms with Crippen LogP contribution in [0, 0.1) is 0 Å². The molecule has 4 rings (SSSR count). The summed E-state index contributed by atoms with van der Waals surface area (Å²) in [7, 11) is 1.95. The van der Waals surface area contributed by atoms with Gasteiger partial charge < -0.3 is 0 Å². The van der Waals surface area contributed by atoms with Crippen molar-refractivity contribution in [3.63, 3.8) is 0 Å². The molecule has 0 N–H and O–H groups in total. The van der Waals surface area contributed by atoms with E-state index in [9.17, 15) is 0 Å². The van der Waals surface area contributed by atoms with Crippen molar-refractivity contribution >= 4 is 0 Å². The number of pyridine rings is 1. The van der Waals surface area contributed by atoms with Crippen LogP contribution in [0.4, 0.5) is 0 Å². The highest BCUT2D eigenvalue weighted by molar-refractivity contribution is 5.53. The predicted molar refractivity (Wildman–Crippen MR) is 86.3 cm³/mol. The third kappa shape index (κ3) is 2.98. The largest absolute Gasteiger partial charge is 0.294 e. The molecule has 4 heterocycles. The lowest BCUT2D eigenvalue weighted by atomic mass is 10.1. The first-order valence-corrected chi connectivity index (χ1v) is 7.73. The normalized spacial score (nSPS) is 14.7. The number of hydrogen-bond donors (Lipinski definition) is 0. The van der Waals surface area contributed by atoms with Crippen molar-refractivity contribution in [1.29, 1.82) is 0 Å². The van der Waals surface area contributed by atoms with Crippen LogP contribution in [0.2, 0.25) is 0 Å². The van der Waals surface area contributed by atoms with E-state index in [0.717, 1.165) is 43.1 Å². The zero-order valence-corrected chi connectivity index (χ0v) is 13.1. The molecule has 3 aromatic rings. The Morgan fingerprint density at radius 2 is 2.17 bits per heavy atom. The lowest BCUT2D eigenvalue weighted by Gasteiger charge is -2.27. The van der Waals surface area contributed by atoms with Gasteiger partial charge >= 0.3 is 0 Å². The van der Waals surface area contributed by atoms with Crippen LogP contribution in [0.5, 0.6) is 0 Å². The Bertz CT molecular complexity index is 811. The molecule has 0 amide bonds. The van der Waals surface area contributed by atoms with Crippen molar-refractivity contribution in [1.82, 2.24) is 29.6 Å². The van der Waals surface area contributed by atoms with Crippen LogP contribution in [0.3, 0.4) is 0 Å². The minimum Gasteiger partial charge on any atom is -0.294 e. The minimum atomic E-state index is 0.762. The standard InChI is InChI=1S/C17H18N6/c1-22-10-13(7-20-22)11-23-6-4-16-15(12-23)9-19-17(21-16)14-3-2-5-18-8-14/h2-3,5,7-10H,4,6,11-12H2,1H3. The molecule has 0 fully saturated rings. The van der Waals surface area contributed by atoms with Gasteiger partial charge in [0.25, 0.3) is 0 Å². The number of fused-ring (bicyclic) bond motifs is 1.